The summed E-state index contributed by atoms with van der Waals surface area (Å²) in [6.07, 6.45) is 16.6. The van der Waals surface area contributed by atoms with Crippen molar-refractivity contribution in [3.63, 3.8) is 0 Å². The zero-order valence-electron chi connectivity index (χ0n) is 27.8. The second-order valence-corrected chi connectivity index (χ2v) is 14.8. The number of methoxy groups -OCH3 is 1. The Morgan fingerprint density at radius 3 is 2.88 bits per heavy atom. The molecule has 0 spiro atoms. The second-order valence-electron chi connectivity index (χ2n) is 14.8. The van der Waals surface area contributed by atoms with Gasteiger partial charge in [-0.3, -0.25) is 9.88 Å². The van der Waals surface area contributed by atoms with Gasteiger partial charge in [-0.25, -0.2) is 4.39 Å². The van der Waals surface area contributed by atoms with Crippen LogP contribution in [-0.2, 0) is 4.74 Å². The molecule has 5 aliphatic rings. The number of hydrogen-bond donors (Lipinski definition) is 2. The molecule has 1 saturated carbocycles. The molecule has 10 heteroatoms. The fourth-order valence-corrected chi connectivity index (χ4v) is 9.08. The van der Waals surface area contributed by atoms with Gasteiger partial charge in [-0.15, -0.1) is 6.42 Å². The largest absolute Gasteiger partial charge is 0.508 e. The second kappa shape index (κ2) is 11.9. The van der Waals surface area contributed by atoms with E-state index in [1.54, 1.807) is 19.4 Å². The van der Waals surface area contributed by atoms with Crippen molar-refractivity contribution in [2.24, 2.45) is 11.8 Å². The fourth-order valence-electron chi connectivity index (χ4n) is 9.08. The molecule has 0 radical (unpaired) electrons. The molecule has 5 fully saturated rings. The summed E-state index contributed by atoms with van der Waals surface area (Å²) in [6, 6.07) is 9.52. The van der Waals surface area contributed by atoms with E-state index in [1.165, 1.54) is 18.1 Å². The Balaban J connectivity index is 1.10. The SMILES string of the molecule is C#Cc1cccc2cc(O)cc(-c3ncc4c(N5C[C@H]6CC[C@@H](C5)N6)nc(OCC56CCCN5CC(=CC5CC5COC)C6)nc4c3F)c12. The van der Waals surface area contributed by atoms with Crippen molar-refractivity contribution in [3.05, 3.63) is 59.6 Å². The highest BCUT2D eigenvalue weighted by molar-refractivity contribution is 6.02. The van der Waals surface area contributed by atoms with Crippen LogP contribution < -0.4 is 15.0 Å². The third kappa shape index (κ3) is 5.39. The molecule has 4 saturated heterocycles. The number of allylic oxidation sites excluding steroid dienone is 1. The maximum absolute atomic E-state index is 17.0. The third-order valence-corrected chi connectivity index (χ3v) is 11.5. The van der Waals surface area contributed by atoms with E-state index < -0.39 is 5.82 Å². The molecule has 2 bridgehead atoms. The van der Waals surface area contributed by atoms with Crippen LogP contribution in [0.25, 0.3) is 32.9 Å². The monoisotopic (exact) mass is 660 g/mol. The van der Waals surface area contributed by atoms with Crippen LogP contribution in [-0.4, -0.2) is 89.1 Å². The number of aromatic hydroxyl groups is 1. The van der Waals surface area contributed by atoms with E-state index in [2.05, 4.69) is 32.1 Å². The van der Waals surface area contributed by atoms with Crippen LogP contribution in [0.3, 0.4) is 0 Å². The lowest BCUT2D eigenvalue weighted by atomic mass is 9.93. The first kappa shape index (κ1) is 30.7. The lowest BCUT2D eigenvalue weighted by Crippen LogP contribution is -2.51. The number of pyridine rings is 1. The summed E-state index contributed by atoms with van der Waals surface area (Å²) in [5.74, 6) is 4.01. The van der Waals surface area contributed by atoms with Crippen molar-refractivity contribution >= 4 is 27.5 Å². The highest BCUT2D eigenvalue weighted by atomic mass is 19.1. The number of nitrogens with one attached hydrogen (secondary N) is 1. The van der Waals surface area contributed by atoms with Crippen LogP contribution in [0.2, 0.25) is 0 Å². The number of phenolic OH excluding ortho intramolecular Hbond substituents is 1. The first-order chi connectivity index (χ1) is 23.9. The molecule has 2 aromatic carbocycles. The van der Waals surface area contributed by atoms with Crippen molar-refractivity contribution < 1.29 is 19.0 Å². The fraction of sp³-hybridized carbons (Fsp3) is 0.462. The minimum atomic E-state index is -0.593. The number of aromatic nitrogens is 3. The predicted octanol–water partition coefficient (Wildman–Crippen LogP) is 5.44. The summed E-state index contributed by atoms with van der Waals surface area (Å²) < 4.78 is 28.9. The molecule has 2 N–H and O–H groups in total. The minimum Gasteiger partial charge on any atom is -0.508 e. The molecular weight excluding hydrogens is 619 g/mol. The Morgan fingerprint density at radius 1 is 1.20 bits per heavy atom. The Labute approximate surface area is 285 Å². The predicted molar refractivity (Wildman–Crippen MR) is 187 cm³/mol. The van der Waals surface area contributed by atoms with Crippen molar-refractivity contribution in [1.29, 1.82) is 0 Å². The summed E-state index contributed by atoms with van der Waals surface area (Å²) in [6.45, 7) is 4.81. The summed E-state index contributed by atoms with van der Waals surface area (Å²) in [4.78, 5) is 19.2. The van der Waals surface area contributed by atoms with Crippen LogP contribution >= 0.6 is 0 Å². The van der Waals surface area contributed by atoms with Gasteiger partial charge in [0.15, 0.2) is 5.82 Å². The number of terminal acetylenes is 1. The number of piperazine rings is 1. The molecule has 49 heavy (non-hydrogen) atoms. The van der Waals surface area contributed by atoms with Crippen LogP contribution in [0.15, 0.2) is 48.2 Å². The van der Waals surface area contributed by atoms with Crippen LogP contribution in [0.4, 0.5) is 10.2 Å². The average Bonchev–Trinajstić information content (AvgIpc) is 3.37. The molecule has 4 aromatic rings. The molecule has 4 aliphatic heterocycles. The van der Waals surface area contributed by atoms with Gasteiger partial charge in [-0.1, -0.05) is 29.7 Å². The van der Waals surface area contributed by atoms with Gasteiger partial charge in [-0.05, 0) is 80.5 Å². The van der Waals surface area contributed by atoms with Gasteiger partial charge in [0, 0.05) is 68.1 Å². The number of anilines is 1. The van der Waals surface area contributed by atoms with Gasteiger partial charge in [0.1, 0.15) is 29.4 Å². The molecule has 2 aromatic heterocycles. The van der Waals surface area contributed by atoms with E-state index in [0.717, 1.165) is 64.9 Å². The highest BCUT2D eigenvalue weighted by Gasteiger charge is 2.48. The van der Waals surface area contributed by atoms with E-state index in [-0.39, 0.29) is 28.5 Å². The van der Waals surface area contributed by atoms with Gasteiger partial charge < -0.3 is 24.8 Å². The number of phenols is 1. The van der Waals surface area contributed by atoms with Crippen LogP contribution in [0, 0.1) is 30.0 Å². The quantitative estimate of drug-likeness (QED) is 0.189. The van der Waals surface area contributed by atoms with Crippen molar-refractivity contribution in [3.8, 4) is 35.4 Å². The zero-order valence-corrected chi connectivity index (χ0v) is 27.8. The summed E-state index contributed by atoms with van der Waals surface area (Å²) in [5.41, 5.74) is 2.60. The smallest absolute Gasteiger partial charge is 0.319 e. The molecule has 252 valence electrons. The number of fused-ring (bicyclic) bond motifs is 5. The summed E-state index contributed by atoms with van der Waals surface area (Å²) in [5, 5.41) is 16.2. The number of rotatable bonds is 8. The van der Waals surface area contributed by atoms with E-state index in [4.69, 9.17) is 25.9 Å². The topological polar surface area (TPSA) is 95.9 Å². The third-order valence-electron chi connectivity index (χ3n) is 11.5. The van der Waals surface area contributed by atoms with E-state index in [0.29, 0.717) is 63.6 Å². The number of nitrogens with zero attached hydrogens (tertiary/aromatic N) is 5. The minimum absolute atomic E-state index is 0.00270. The molecule has 9 nitrogen and oxygen atoms in total. The van der Waals surface area contributed by atoms with Gasteiger partial charge in [-0.2, -0.15) is 9.97 Å². The zero-order chi connectivity index (χ0) is 33.3. The molecule has 6 heterocycles. The highest BCUT2D eigenvalue weighted by Crippen LogP contribution is 2.46. The molecule has 1 aliphatic carbocycles. The molecule has 0 amide bonds. The van der Waals surface area contributed by atoms with E-state index in [9.17, 15) is 5.11 Å². The maximum atomic E-state index is 17.0. The van der Waals surface area contributed by atoms with Crippen LogP contribution in [0.5, 0.6) is 11.8 Å². The molecule has 3 unspecified atom stereocenters. The number of ether oxygens (including phenoxy) is 2. The summed E-state index contributed by atoms with van der Waals surface area (Å²) in [7, 11) is 1.78. The van der Waals surface area contributed by atoms with E-state index >= 15 is 4.39 Å². The normalized spacial score (nSPS) is 28.4. The van der Waals surface area contributed by atoms with Crippen molar-refractivity contribution in [1.82, 2.24) is 25.2 Å². The summed E-state index contributed by atoms with van der Waals surface area (Å²) >= 11 is 0. The molecule has 9 rings (SSSR count). The number of hydrogen-bond acceptors (Lipinski definition) is 9. The van der Waals surface area contributed by atoms with Crippen LogP contribution in [0.1, 0.15) is 44.1 Å². The average molecular weight is 661 g/mol. The van der Waals surface area contributed by atoms with Gasteiger partial charge in [0.2, 0.25) is 0 Å². The van der Waals surface area contributed by atoms with Gasteiger partial charge >= 0.3 is 6.01 Å². The van der Waals surface area contributed by atoms with Gasteiger partial charge in [0.25, 0.3) is 0 Å². The lowest BCUT2D eigenvalue weighted by Gasteiger charge is -2.34. The van der Waals surface area contributed by atoms with Crippen molar-refractivity contribution in [2.75, 3.05) is 51.4 Å². The van der Waals surface area contributed by atoms with E-state index in [1.807, 2.05) is 18.2 Å². The Hall–Kier alpha value is -4.30. The Kier molecular flexibility index (Phi) is 7.49. The number of benzene rings is 2. The standard InChI is InChI=1S/C39H41FN6O3/c1-3-24-6-4-7-25-14-30(47)15-31(33(24)25)35-34(40)36-32(17-41-35)37(45-19-28-8-9-29(20-45)42-28)44-38(43-36)49-22-39-10-5-11-46(39)18-23(16-39)12-26-13-27(26)21-48-2/h1,4,6-7,12,14-15,17,26-29,42,47H,5,8-11,13,16,18-22H2,2H3/t26?,27?,28-,29+,39?. The lowest BCUT2D eigenvalue weighted by molar-refractivity contribution is 0.108. The first-order valence-electron chi connectivity index (χ1n) is 17.6. The molecule has 5 atom stereocenters. The first-order valence-corrected chi connectivity index (χ1v) is 17.6. The number of halogens is 1. The Morgan fingerprint density at radius 2 is 2.06 bits per heavy atom. The van der Waals surface area contributed by atoms with Crippen molar-refractivity contribution in [2.45, 2.75) is 56.1 Å². The van der Waals surface area contributed by atoms with Gasteiger partial charge in [0.05, 0.1) is 10.9 Å². The Bertz CT molecular complexity index is 2030. The molecular formula is C39H41FN6O3. The maximum Gasteiger partial charge on any atom is 0.319 e.